The number of methoxy groups -OCH3 is 4. The maximum Gasteiger partial charge on any atom is 0.344 e. The Balaban J connectivity index is 1.46. The molecule has 13 nitrogen and oxygen atoms in total. The lowest BCUT2D eigenvalue weighted by atomic mass is 9.47. The van der Waals surface area contributed by atoms with Gasteiger partial charge in [0, 0.05) is 90.3 Å². The second kappa shape index (κ2) is 16.1. The number of rotatable bonds is 9. The van der Waals surface area contributed by atoms with Crippen LogP contribution >= 0.6 is 0 Å². The molecule has 1 spiro atoms. The van der Waals surface area contributed by atoms with Gasteiger partial charge in [0.05, 0.1) is 34.5 Å². The van der Waals surface area contributed by atoms with Crippen LogP contribution in [0.2, 0.25) is 0 Å². The minimum Gasteiger partial charge on any atom is -0.497 e. The van der Waals surface area contributed by atoms with Gasteiger partial charge in [-0.25, -0.2) is 13.6 Å². The van der Waals surface area contributed by atoms with Crippen molar-refractivity contribution in [3.63, 3.8) is 0 Å². The summed E-state index contributed by atoms with van der Waals surface area (Å²) in [6.07, 6.45) is 4.50. The topological polar surface area (TPSA) is 143 Å². The maximum atomic E-state index is 15.5. The molecule has 0 radical (unpaired) electrons. The molecule has 5 heterocycles. The Morgan fingerprint density at radius 1 is 0.968 bits per heavy atom. The van der Waals surface area contributed by atoms with E-state index in [1.807, 2.05) is 68.3 Å². The van der Waals surface area contributed by atoms with Crippen molar-refractivity contribution < 1.29 is 52.0 Å². The number of aromatic nitrogens is 1. The Kier molecular flexibility index (Phi) is 11.4. The maximum absolute atomic E-state index is 15.5. The van der Waals surface area contributed by atoms with Crippen molar-refractivity contribution in [2.75, 3.05) is 73.1 Å². The van der Waals surface area contributed by atoms with Crippen molar-refractivity contribution >= 4 is 34.5 Å². The highest BCUT2D eigenvalue weighted by Gasteiger charge is 2.80. The van der Waals surface area contributed by atoms with Gasteiger partial charge in [0.1, 0.15) is 16.9 Å². The van der Waals surface area contributed by atoms with Gasteiger partial charge in [-0.15, -0.1) is 0 Å². The molecular weight excluding hydrogens is 815 g/mol. The van der Waals surface area contributed by atoms with E-state index < -0.39 is 63.7 Å². The first-order valence-corrected chi connectivity index (χ1v) is 22.2. The molecule has 2 N–H and O–H groups in total. The highest BCUT2D eigenvalue weighted by molar-refractivity contribution is 5.95. The quantitative estimate of drug-likeness (QED) is 0.150. The number of aliphatic hydroxyl groups is 1. The molecule has 0 bridgehead atoms. The molecule has 1 aromatic heterocycles. The highest BCUT2D eigenvalue weighted by atomic mass is 19.3. The summed E-state index contributed by atoms with van der Waals surface area (Å²) >= 11 is 0. The van der Waals surface area contributed by atoms with Gasteiger partial charge in [-0.3, -0.25) is 14.5 Å². The number of nitrogens with one attached hydrogen (secondary N) is 1. The molecule has 1 saturated heterocycles. The number of carbonyl (C=O) groups excluding carboxylic acids is 3. The van der Waals surface area contributed by atoms with Crippen molar-refractivity contribution in [3.8, 4) is 11.5 Å². The molecule has 15 heteroatoms. The number of benzene rings is 2. The molecular formula is C48H62F2N4O9. The molecule has 1 aliphatic carbocycles. The van der Waals surface area contributed by atoms with Crippen LogP contribution in [0.1, 0.15) is 82.2 Å². The predicted octanol–water partition coefficient (Wildman–Crippen LogP) is 5.91. The summed E-state index contributed by atoms with van der Waals surface area (Å²) in [7, 11) is 7.50. The zero-order chi connectivity index (χ0) is 45.4. The second-order valence-electron chi connectivity index (χ2n) is 18.4. The molecule has 1 saturated carbocycles. The third-order valence-electron chi connectivity index (χ3n) is 15.7. The van der Waals surface area contributed by atoms with Gasteiger partial charge in [-0.05, 0) is 87.5 Å². The van der Waals surface area contributed by atoms with E-state index in [1.54, 1.807) is 7.11 Å². The third-order valence-corrected chi connectivity index (χ3v) is 15.7. The van der Waals surface area contributed by atoms with Crippen LogP contribution in [-0.2, 0) is 45.8 Å². The van der Waals surface area contributed by atoms with Crippen molar-refractivity contribution in [3.05, 3.63) is 64.9 Å². The molecule has 0 amide bonds. The Morgan fingerprint density at radius 3 is 2.35 bits per heavy atom. The van der Waals surface area contributed by atoms with Crippen LogP contribution in [0.3, 0.4) is 0 Å². The number of alkyl halides is 2. The normalized spacial score (nSPS) is 31.9. The van der Waals surface area contributed by atoms with Crippen LogP contribution in [0.4, 0.5) is 14.5 Å². The van der Waals surface area contributed by atoms with Gasteiger partial charge in [0.25, 0.3) is 0 Å². The number of likely N-dealkylation sites (N-methyl/N-ethyl adjacent to an activating group) is 2. The molecule has 8 rings (SSSR count). The minimum atomic E-state index is -2.98. The van der Waals surface area contributed by atoms with Crippen LogP contribution in [0.15, 0.2) is 42.5 Å². The van der Waals surface area contributed by atoms with Crippen molar-refractivity contribution in [1.82, 2.24) is 14.8 Å². The van der Waals surface area contributed by atoms with Gasteiger partial charge >= 0.3 is 17.9 Å². The van der Waals surface area contributed by atoms with E-state index in [1.165, 1.54) is 28.3 Å². The summed E-state index contributed by atoms with van der Waals surface area (Å²) in [6, 6.07) is 8.18. The number of halogens is 2. The number of H-pyrrole nitrogens is 1. The smallest absolute Gasteiger partial charge is 0.344 e. The average molecular weight is 877 g/mol. The fourth-order valence-corrected chi connectivity index (χ4v) is 13.0. The number of aromatic amines is 1. The second-order valence-corrected chi connectivity index (χ2v) is 18.4. The van der Waals surface area contributed by atoms with Crippen LogP contribution in [0.25, 0.3) is 10.9 Å². The molecule has 2 fully saturated rings. The number of fused-ring (bicyclic) bond motifs is 4. The van der Waals surface area contributed by atoms with Crippen molar-refractivity contribution in [2.45, 2.75) is 107 Å². The molecule has 342 valence electrons. The molecule has 3 aromatic rings. The summed E-state index contributed by atoms with van der Waals surface area (Å²) in [5.41, 5.74) is -1.94. The highest BCUT2D eigenvalue weighted by Crippen LogP contribution is 2.68. The molecule has 8 atom stereocenters. The van der Waals surface area contributed by atoms with Crippen LogP contribution in [0, 0.1) is 11.3 Å². The number of carbonyl (C=O) groups is 3. The number of hydrogen-bond acceptors (Lipinski definition) is 12. The minimum absolute atomic E-state index is 0.0918. The lowest BCUT2D eigenvalue weighted by molar-refractivity contribution is -0.228. The number of anilines is 1. The number of hydrogen-bond donors (Lipinski definition) is 2. The number of ether oxygens (including phenoxy) is 5. The summed E-state index contributed by atoms with van der Waals surface area (Å²) in [4.78, 5) is 52.7. The number of esters is 3. The SMILES string of the molecule is CCN1CCc2c([nH]c3ccc(OC)cc23)[C@@](C(=O)OC)(c2cc3c(cc2OC)N(C)[C@H]2[C@@](O)(C(=O)OC)[C@H](OC(C)=O)[C@]4(CC)C=CCN5CC[C@]32[C@@H]54)CCCC(C(C)(F)F)C1. The first kappa shape index (κ1) is 44.9. The Labute approximate surface area is 368 Å². The largest absolute Gasteiger partial charge is 0.497 e. The number of nitrogens with zero attached hydrogens (tertiary/aromatic N) is 3. The van der Waals surface area contributed by atoms with Gasteiger partial charge in [-0.1, -0.05) is 32.4 Å². The van der Waals surface area contributed by atoms with Crippen LogP contribution in [0.5, 0.6) is 11.5 Å². The third kappa shape index (κ3) is 6.33. The average Bonchev–Trinajstić information content (AvgIpc) is 3.91. The van der Waals surface area contributed by atoms with E-state index in [2.05, 4.69) is 14.8 Å². The van der Waals surface area contributed by atoms with Gasteiger partial charge in [0.15, 0.2) is 6.10 Å². The molecule has 63 heavy (non-hydrogen) atoms. The Bertz CT molecular complexity index is 2330. The molecule has 2 aromatic carbocycles. The lowest BCUT2D eigenvalue weighted by Gasteiger charge is -2.63. The fraction of sp³-hybridized carbons (Fsp3) is 0.604. The lowest BCUT2D eigenvalue weighted by Crippen LogP contribution is -2.81. The van der Waals surface area contributed by atoms with Crippen LogP contribution in [-0.4, -0.2) is 136 Å². The standard InChI is InChI=1S/C48H62F2N4O9/c1-10-45-18-13-21-54-23-20-47(39(45)54)33-25-34(37(60-7)26-36(33)52(5)40(47)48(58,43(57)62-9)41(45)63-28(3)55)46(42(56)61-8)19-12-14-29(44(4,49)50)27-53(11-2)22-17-31-32-24-30(59-6)15-16-35(32)51-38(31)46/h13,15-16,18,24-26,29,39-41,51,58H,10-12,14,17,19-23,27H2,1-9H3/t29?,39-,40+,41+,45+,46-,47+,48-/m0/s1. The van der Waals surface area contributed by atoms with Gasteiger partial charge in [0.2, 0.25) is 11.5 Å². The molecule has 5 aliphatic rings. The van der Waals surface area contributed by atoms with E-state index in [-0.39, 0.29) is 31.8 Å². The van der Waals surface area contributed by atoms with E-state index in [9.17, 15) is 14.7 Å². The van der Waals surface area contributed by atoms with E-state index in [0.717, 1.165) is 29.0 Å². The first-order chi connectivity index (χ1) is 30.0. The summed E-state index contributed by atoms with van der Waals surface area (Å²) in [6.45, 7) is 8.60. The molecule has 1 unspecified atom stereocenters. The zero-order valence-electron chi connectivity index (χ0n) is 37.9. The summed E-state index contributed by atoms with van der Waals surface area (Å²) in [5.74, 6) is -5.16. The monoisotopic (exact) mass is 876 g/mol. The summed E-state index contributed by atoms with van der Waals surface area (Å²) < 4.78 is 60.5. The Hall–Kier alpha value is -4.73. The van der Waals surface area contributed by atoms with Crippen LogP contribution < -0.4 is 14.4 Å². The Morgan fingerprint density at radius 2 is 1.71 bits per heavy atom. The van der Waals surface area contributed by atoms with Gasteiger partial charge < -0.3 is 43.6 Å². The first-order valence-electron chi connectivity index (χ1n) is 22.2. The zero-order valence-corrected chi connectivity index (χ0v) is 37.9. The van der Waals surface area contributed by atoms with E-state index in [0.29, 0.717) is 73.9 Å². The summed E-state index contributed by atoms with van der Waals surface area (Å²) in [5, 5.41) is 14.2. The van der Waals surface area contributed by atoms with Gasteiger partial charge in [-0.2, -0.15) is 0 Å². The van der Waals surface area contributed by atoms with E-state index in [4.69, 9.17) is 23.7 Å². The van der Waals surface area contributed by atoms with Crippen molar-refractivity contribution in [2.24, 2.45) is 11.3 Å². The fourth-order valence-electron chi connectivity index (χ4n) is 13.0. The molecule has 4 aliphatic heterocycles. The predicted molar refractivity (Wildman–Crippen MR) is 233 cm³/mol. The van der Waals surface area contributed by atoms with Crippen molar-refractivity contribution in [1.29, 1.82) is 0 Å². The van der Waals surface area contributed by atoms with E-state index >= 15 is 13.6 Å².